The molecule has 0 saturated carbocycles. The van der Waals surface area contributed by atoms with E-state index in [1.54, 1.807) is 30.5 Å². The smallest absolute Gasteiger partial charge is 0.227 e. The number of hydrogen-bond acceptors (Lipinski definition) is 6. The van der Waals surface area contributed by atoms with Gasteiger partial charge in [0.1, 0.15) is 10.8 Å². The van der Waals surface area contributed by atoms with Crippen LogP contribution in [0.2, 0.25) is 0 Å². The number of nitrogens with zero attached hydrogens (tertiary/aromatic N) is 3. The van der Waals surface area contributed by atoms with Gasteiger partial charge in [-0.3, -0.25) is 14.6 Å². The van der Waals surface area contributed by atoms with E-state index in [2.05, 4.69) is 15.3 Å². The van der Waals surface area contributed by atoms with E-state index in [1.165, 1.54) is 11.3 Å². The number of benzene rings is 1. The molecular formula is C21H20N4O3S. The summed E-state index contributed by atoms with van der Waals surface area (Å²) in [5.41, 5.74) is 2.60. The minimum Gasteiger partial charge on any atom is -0.497 e. The molecule has 1 unspecified atom stereocenters. The summed E-state index contributed by atoms with van der Waals surface area (Å²) in [6.07, 6.45) is 3.64. The Morgan fingerprint density at radius 3 is 2.93 bits per heavy atom. The summed E-state index contributed by atoms with van der Waals surface area (Å²) >= 11 is 1.49. The lowest BCUT2D eigenvalue weighted by Crippen LogP contribution is -2.32. The zero-order valence-electron chi connectivity index (χ0n) is 15.9. The molecule has 0 bridgehead atoms. The monoisotopic (exact) mass is 408 g/mol. The molecule has 1 fully saturated rings. The Kier molecular flexibility index (Phi) is 5.53. The van der Waals surface area contributed by atoms with Crippen LogP contribution in [0.25, 0.3) is 11.3 Å². The van der Waals surface area contributed by atoms with Gasteiger partial charge in [-0.1, -0.05) is 6.07 Å². The van der Waals surface area contributed by atoms with Gasteiger partial charge in [0.2, 0.25) is 11.8 Å². The Balaban J connectivity index is 1.36. The van der Waals surface area contributed by atoms with Crippen molar-refractivity contribution in [3.63, 3.8) is 0 Å². The lowest BCUT2D eigenvalue weighted by molar-refractivity contribution is -0.126. The molecule has 29 heavy (non-hydrogen) atoms. The maximum atomic E-state index is 12.6. The van der Waals surface area contributed by atoms with Crippen LogP contribution in [0, 0.1) is 5.92 Å². The van der Waals surface area contributed by atoms with Crippen molar-refractivity contribution in [3.8, 4) is 17.0 Å². The van der Waals surface area contributed by atoms with Crippen molar-refractivity contribution in [2.75, 3.05) is 18.6 Å². The maximum absolute atomic E-state index is 12.6. The van der Waals surface area contributed by atoms with Crippen molar-refractivity contribution in [2.24, 2.45) is 5.92 Å². The van der Waals surface area contributed by atoms with Crippen LogP contribution in [0.1, 0.15) is 11.4 Å². The number of nitrogens with one attached hydrogen (secondary N) is 1. The van der Waals surface area contributed by atoms with E-state index in [1.807, 2.05) is 35.7 Å². The van der Waals surface area contributed by atoms with Crippen LogP contribution in [0.3, 0.4) is 0 Å². The molecule has 0 radical (unpaired) electrons. The van der Waals surface area contributed by atoms with Crippen LogP contribution in [0.5, 0.6) is 5.75 Å². The number of anilines is 1. The van der Waals surface area contributed by atoms with E-state index in [-0.39, 0.29) is 24.2 Å². The second kappa shape index (κ2) is 8.40. The minimum atomic E-state index is -0.381. The number of carbonyl (C=O) groups is 2. The molecule has 1 saturated heterocycles. The van der Waals surface area contributed by atoms with Crippen molar-refractivity contribution in [1.29, 1.82) is 0 Å². The average molecular weight is 408 g/mol. The summed E-state index contributed by atoms with van der Waals surface area (Å²) in [5.74, 6) is 0.0994. The molecule has 3 aromatic rings. The lowest BCUT2D eigenvalue weighted by Gasteiger charge is -2.17. The second-order valence-electron chi connectivity index (χ2n) is 6.69. The maximum Gasteiger partial charge on any atom is 0.227 e. The summed E-state index contributed by atoms with van der Waals surface area (Å²) in [4.78, 5) is 35.2. The summed E-state index contributed by atoms with van der Waals surface area (Å²) in [6, 6.07) is 11.1. The van der Waals surface area contributed by atoms with Gasteiger partial charge in [0.15, 0.2) is 0 Å². The number of aromatic nitrogens is 2. The fourth-order valence-corrected chi connectivity index (χ4v) is 4.01. The first-order chi connectivity index (χ1) is 14.1. The van der Waals surface area contributed by atoms with Gasteiger partial charge in [0.25, 0.3) is 0 Å². The first kappa shape index (κ1) is 19.1. The first-order valence-corrected chi connectivity index (χ1v) is 10.1. The Hall–Kier alpha value is -3.26. The molecule has 1 aliphatic rings. The van der Waals surface area contributed by atoms with Gasteiger partial charge < -0.3 is 15.0 Å². The van der Waals surface area contributed by atoms with Crippen molar-refractivity contribution < 1.29 is 14.3 Å². The first-order valence-electron chi connectivity index (χ1n) is 9.21. The Morgan fingerprint density at radius 2 is 2.14 bits per heavy atom. The minimum absolute atomic E-state index is 0.0624. The van der Waals surface area contributed by atoms with Crippen LogP contribution < -0.4 is 15.0 Å². The average Bonchev–Trinajstić information content (AvgIpc) is 3.39. The SMILES string of the molecule is COc1cccc(N2CC(C(=O)NCc3nc(-c4ccncc4)cs3)CC2=O)c1. The highest BCUT2D eigenvalue weighted by Crippen LogP contribution is 2.28. The molecule has 8 heteroatoms. The molecule has 1 aliphatic heterocycles. The number of thiazole rings is 1. The normalized spacial score (nSPS) is 16.1. The van der Waals surface area contributed by atoms with E-state index < -0.39 is 0 Å². The number of pyridine rings is 1. The van der Waals surface area contributed by atoms with E-state index in [4.69, 9.17) is 4.74 Å². The highest BCUT2D eigenvalue weighted by molar-refractivity contribution is 7.09. The molecule has 4 rings (SSSR count). The molecule has 148 valence electrons. The van der Waals surface area contributed by atoms with E-state index in [9.17, 15) is 9.59 Å². The second-order valence-corrected chi connectivity index (χ2v) is 7.63. The van der Waals surface area contributed by atoms with Crippen LogP contribution >= 0.6 is 11.3 Å². The fourth-order valence-electron chi connectivity index (χ4n) is 3.27. The Labute approximate surface area is 172 Å². The van der Waals surface area contributed by atoms with Gasteiger partial charge >= 0.3 is 0 Å². The van der Waals surface area contributed by atoms with Gasteiger partial charge in [-0.25, -0.2) is 4.98 Å². The van der Waals surface area contributed by atoms with Crippen molar-refractivity contribution in [2.45, 2.75) is 13.0 Å². The van der Waals surface area contributed by atoms with Crippen LogP contribution in [-0.2, 0) is 16.1 Å². The zero-order chi connectivity index (χ0) is 20.2. The molecule has 2 amide bonds. The van der Waals surface area contributed by atoms with Crippen LogP contribution in [-0.4, -0.2) is 35.4 Å². The molecular weight excluding hydrogens is 388 g/mol. The van der Waals surface area contributed by atoms with Crippen molar-refractivity contribution in [1.82, 2.24) is 15.3 Å². The molecule has 0 aliphatic carbocycles. The molecule has 1 aromatic carbocycles. The highest BCUT2D eigenvalue weighted by atomic mass is 32.1. The predicted molar refractivity (Wildman–Crippen MR) is 111 cm³/mol. The number of methoxy groups -OCH3 is 1. The molecule has 7 nitrogen and oxygen atoms in total. The molecule has 2 aromatic heterocycles. The van der Waals surface area contributed by atoms with Gasteiger partial charge in [-0.15, -0.1) is 11.3 Å². The quantitative estimate of drug-likeness (QED) is 0.678. The summed E-state index contributed by atoms with van der Waals surface area (Å²) < 4.78 is 5.22. The van der Waals surface area contributed by atoms with Crippen molar-refractivity contribution in [3.05, 3.63) is 59.2 Å². The zero-order valence-corrected chi connectivity index (χ0v) is 16.7. The summed E-state index contributed by atoms with van der Waals surface area (Å²) in [6.45, 7) is 0.705. The standard InChI is InChI=1S/C21H20N4O3S/c1-28-17-4-2-3-16(10-17)25-12-15(9-20(25)26)21(27)23-11-19-24-18(13-29-19)14-5-7-22-8-6-14/h2-8,10,13,15H,9,11-12H2,1H3,(H,23,27). The third kappa shape index (κ3) is 4.27. The molecule has 3 heterocycles. The van der Waals surface area contributed by atoms with E-state index >= 15 is 0 Å². The number of carbonyl (C=O) groups excluding carboxylic acids is 2. The molecule has 1 N–H and O–H groups in total. The predicted octanol–water partition coefficient (Wildman–Crippen LogP) is 2.88. The molecule has 0 spiro atoms. The summed E-state index contributed by atoms with van der Waals surface area (Å²) in [7, 11) is 1.58. The number of ether oxygens (including phenoxy) is 1. The fraction of sp³-hybridized carbons (Fsp3) is 0.238. The third-order valence-electron chi connectivity index (χ3n) is 4.80. The number of hydrogen-bond donors (Lipinski definition) is 1. The van der Waals surface area contributed by atoms with E-state index in [0.29, 0.717) is 18.8 Å². The Morgan fingerprint density at radius 1 is 1.31 bits per heavy atom. The van der Waals surface area contributed by atoms with Crippen molar-refractivity contribution >= 4 is 28.8 Å². The van der Waals surface area contributed by atoms with Crippen LogP contribution in [0.15, 0.2) is 54.2 Å². The largest absolute Gasteiger partial charge is 0.497 e. The number of rotatable bonds is 6. The summed E-state index contributed by atoms with van der Waals surface area (Å²) in [5, 5.41) is 5.69. The Bertz CT molecular complexity index is 1020. The number of amides is 2. The topological polar surface area (TPSA) is 84.4 Å². The van der Waals surface area contributed by atoms with Gasteiger partial charge in [0, 0.05) is 48.1 Å². The van der Waals surface area contributed by atoms with E-state index in [0.717, 1.165) is 22.0 Å². The molecule has 1 atom stereocenters. The highest BCUT2D eigenvalue weighted by Gasteiger charge is 2.35. The lowest BCUT2D eigenvalue weighted by atomic mass is 10.1. The van der Waals surface area contributed by atoms with Gasteiger partial charge in [-0.2, -0.15) is 0 Å². The van der Waals surface area contributed by atoms with Crippen LogP contribution in [0.4, 0.5) is 5.69 Å². The third-order valence-corrected chi connectivity index (χ3v) is 5.65. The van der Waals surface area contributed by atoms with Gasteiger partial charge in [0.05, 0.1) is 25.3 Å². The van der Waals surface area contributed by atoms with Gasteiger partial charge in [-0.05, 0) is 24.3 Å².